The fourth-order valence-electron chi connectivity index (χ4n) is 3.83. The predicted octanol–water partition coefficient (Wildman–Crippen LogP) is 0.854. The van der Waals surface area contributed by atoms with Crippen molar-refractivity contribution < 1.29 is 4.79 Å². The van der Waals surface area contributed by atoms with Crippen LogP contribution in [-0.4, -0.2) is 87.1 Å². The van der Waals surface area contributed by atoms with Gasteiger partial charge in [-0.1, -0.05) is 13.3 Å². The van der Waals surface area contributed by atoms with E-state index in [1.54, 1.807) is 7.05 Å². The van der Waals surface area contributed by atoms with E-state index in [9.17, 15) is 4.79 Å². The fraction of sp³-hybridized carbons (Fsp3) is 0.889. The van der Waals surface area contributed by atoms with Gasteiger partial charge in [-0.3, -0.25) is 19.6 Å². The molecule has 1 atom stereocenters. The Morgan fingerprint density at radius 2 is 1.88 bits per heavy atom. The third kappa shape index (κ3) is 7.56. The van der Waals surface area contributed by atoms with Crippen LogP contribution >= 0.6 is 24.0 Å². The van der Waals surface area contributed by atoms with E-state index in [0.29, 0.717) is 18.6 Å². The van der Waals surface area contributed by atoms with Crippen LogP contribution in [0.4, 0.5) is 0 Å². The summed E-state index contributed by atoms with van der Waals surface area (Å²) in [5.74, 6) is 1.00. The molecule has 2 rings (SSSR count). The van der Waals surface area contributed by atoms with Crippen molar-refractivity contribution in [3.8, 4) is 0 Å². The maximum Gasteiger partial charge on any atom is 0.233 e. The Morgan fingerprint density at radius 1 is 1.15 bits per heavy atom. The molecule has 3 N–H and O–H groups in total. The number of guanidine groups is 1. The third-order valence-electron chi connectivity index (χ3n) is 5.46. The minimum atomic E-state index is 0. The van der Waals surface area contributed by atoms with Crippen molar-refractivity contribution in [3.05, 3.63) is 0 Å². The smallest absolute Gasteiger partial charge is 0.233 e. The average molecular weight is 480 g/mol. The first kappa shape index (κ1) is 23.4. The molecule has 1 unspecified atom stereocenters. The number of aliphatic imine (C=N–C) groups is 1. The van der Waals surface area contributed by atoms with Crippen molar-refractivity contribution in [2.24, 2.45) is 4.99 Å². The molecule has 7 nitrogen and oxygen atoms in total. The number of piperidine rings is 2. The molecule has 0 bridgehead atoms. The lowest BCUT2D eigenvalue weighted by Crippen LogP contribution is -2.53. The molecular formula is C18H37IN6O. The summed E-state index contributed by atoms with van der Waals surface area (Å²) >= 11 is 0. The molecule has 2 aliphatic heterocycles. The summed E-state index contributed by atoms with van der Waals surface area (Å²) in [6.45, 7) is 7.97. The monoisotopic (exact) mass is 480 g/mol. The number of hydrogen-bond donors (Lipinski definition) is 3. The molecule has 0 aliphatic carbocycles. The number of likely N-dealkylation sites (tertiary alicyclic amines) is 2. The second kappa shape index (κ2) is 12.7. The average Bonchev–Trinajstić information content (AvgIpc) is 2.66. The number of amides is 1. The largest absolute Gasteiger partial charge is 0.358 e. The number of nitrogens with zero attached hydrogens (tertiary/aromatic N) is 3. The van der Waals surface area contributed by atoms with Crippen molar-refractivity contribution in [2.45, 2.75) is 51.1 Å². The third-order valence-corrected chi connectivity index (χ3v) is 5.46. The second-order valence-corrected chi connectivity index (χ2v) is 7.10. The molecule has 26 heavy (non-hydrogen) atoms. The van der Waals surface area contributed by atoms with E-state index in [2.05, 4.69) is 37.7 Å². The SMILES string of the molecule is CCN1CCCCC1CNC(=NC)NC1CCN(CC(=O)NC)CC1.I. The normalized spacial score (nSPS) is 23.2. The van der Waals surface area contributed by atoms with Crippen molar-refractivity contribution in [1.29, 1.82) is 0 Å². The van der Waals surface area contributed by atoms with E-state index in [4.69, 9.17) is 0 Å². The number of halogens is 1. The second-order valence-electron chi connectivity index (χ2n) is 7.10. The number of carbonyl (C=O) groups is 1. The first-order chi connectivity index (χ1) is 12.2. The molecule has 2 fully saturated rings. The molecule has 8 heteroatoms. The quantitative estimate of drug-likeness (QED) is 0.299. The number of nitrogens with one attached hydrogen (secondary N) is 3. The van der Waals surface area contributed by atoms with Crippen molar-refractivity contribution >= 4 is 35.8 Å². The lowest BCUT2D eigenvalue weighted by atomic mass is 10.0. The Bertz CT molecular complexity index is 439. The summed E-state index contributed by atoms with van der Waals surface area (Å²) in [5, 5.41) is 9.77. The van der Waals surface area contributed by atoms with Gasteiger partial charge in [0.1, 0.15) is 0 Å². The zero-order chi connectivity index (χ0) is 18.1. The Labute approximate surface area is 175 Å². The minimum Gasteiger partial charge on any atom is -0.358 e. The zero-order valence-corrected chi connectivity index (χ0v) is 18.9. The highest BCUT2D eigenvalue weighted by Gasteiger charge is 2.23. The Morgan fingerprint density at radius 3 is 2.50 bits per heavy atom. The molecule has 2 heterocycles. The van der Waals surface area contributed by atoms with Gasteiger partial charge in [-0.2, -0.15) is 0 Å². The molecular weight excluding hydrogens is 443 g/mol. The van der Waals surface area contributed by atoms with Gasteiger partial charge in [-0.05, 0) is 38.8 Å². The minimum absolute atomic E-state index is 0. The highest BCUT2D eigenvalue weighted by atomic mass is 127. The van der Waals surface area contributed by atoms with Gasteiger partial charge in [0.2, 0.25) is 5.91 Å². The molecule has 0 spiro atoms. The van der Waals surface area contributed by atoms with Crippen LogP contribution in [0.5, 0.6) is 0 Å². The van der Waals surface area contributed by atoms with Crippen molar-refractivity contribution in [3.63, 3.8) is 0 Å². The first-order valence-electron chi connectivity index (χ1n) is 9.80. The molecule has 1 amide bonds. The maximum absolute atomic E-state index is 11.5. The van der Waals surface area contributed by atoms with Crippen LogP contribution in [0.1, 0.15) is 39.0 Å². The van der Waals surface area contributed by atoms with Crippen LogP contribution in [0.3, 0.4) is 0 Å². The van der Waals surface area contributed by atoms with Gasteiger partial charge >= 0.3 is 0 Å². The van der Waals surface area contributed by atoms with Crippen LogP contribution in [0.15, 0.2) is 4.99 Å². The van der Waals surface area contributed by atoms with Crippen LogP contribution in [0.2, 0.25) is 0 Å². The number of likely N-dealkylation sites (N-methyl/N-ethyl adjacent to an activating group) is 2. The van der Waals surface area contributed by atoms with Gasteiger partial charge in [0.15, 0.2) is 5.96 Å². The molecule has 2 saturated heterocycles. The van der Waals surface area contributed by atoms with Gasteiger partial charge in [0.25, 0.3) is 0 Å². The van der Waals surface area contributed by atoms with Crippen molar-refractivity contribution in [1.82, 2.24) is 25.8 Å². The maximum atomic E-state index is 11.5. The Kier molecular flexibility index (Phi) is 11.5. The summed E-state index contributed by atoms with van der Waals surface area (Å²) in [7, 11) is 3.53. The summed E-state index contributed by atoms with van der Waals surface area (Å²) in [5.41, 5.74) is 0. The summed E-state index contributed by atoms with van der Waals surface area (Å²) in [6, 6.07) is 1.05. The lowest BCUT2D eigenvalue weighted by molar-refractivity contribution is -0.122. The van der Waals surface area contributed by atoms with Gasteiger partial charge < -0.3 is 16.0 Å². The van der Waals surface area contributed by atoms with E-state index in [1.807, 2.05) is 7.05 Å². The topological polar surface area (TPSA) is 72.0 Å². The Balaban J connectivity index is 0.00000338. The van der Waals surface area contributed by atoms with Gasteiger partial charge in [0, 0.05) is 45.8 Å². The standard InChI is InChI=1S/C18H36N6O.HI/c1-4-24-10-6-5-7-16(24)13-21-18(20-3)22-15-8-11-23(12-9-15)14-17(25)19-2;/h15-16H,4-14H2,1-3H3,(H,19,25)(H2,20,21,22);1H. The van der Waals surface area contributed by atoms with Gasteiger partial charge in [-0.25, -0.2) is 0 Å². The molecule has 2 aliphatic rings. The molecule has 0 aromatic heterocycles. The number of carbonyl (C=O) groups excluding carboxylic acids is 1. The summed E-state index contributed by atoms with van der Waals surface area (Å²) in [4.78, 5) is 20.7. The molecule has 0 aromatic carbocycles. The molecule has 152 valence electrons. The van der Waals surface area contributed by atoms with Crippen LogP contribution in [-0.2, 0) is 4.79 Å². The first-order valence-corrected chi connectivity index (χ1v) is 9.80. The van der Waals surface area contributed by atoms with Crippen LogP contribution < -0.4 is 16.0 Å². The Hall–Kier alpha value is -0.610. The predicted molar refractivity (Wildman–Crippen MR) is 118 cm³/mol. The van der Waals surface area contributed by atoms with Gasteiger partial charge in [0.05, 0.1) is 6.54 Å². The summed E-state index contributed by atoms with van der Waals surface area (Å²) in [6.07, 6.45) is 6.02. The number of hydrogen-bond acceptors (Lipinski definition) is 4. The van der Waals surface area contributed by atoms with E-state index in [0.717, 1.165) is 45.0 Å². The molecule has 0 aromatic rings. The molecule has 0 radical (unpaired) electrons. The van der Waals surface area contributed by atoms with Crippen LogP contribution in [0.25, 0.3) is 0 Å². The van der Waals surface area contributed by atoms with E-state index in [-0.39, 0.29) is 29.9 Å². The summed E-state index contributed by atoms with van der Waals surface area (Å²) < 4.78 is 0. The highest BCUT2D eigenvalue weighted by molar-refractivity contribution is 14.0. The van der Waals surface area contributed by atoms with Crippen LogP contribution in [0, 0.1) is 0 Å². The fourth-order valence-corrected chi connectivity index (χ4v) is 3.83. The zero-order valence-electron chi connectivity index (χ0n) is 16.6. The van der Waals surface area contributed by atoms with E-state index in [1.165, 1.54) is 25.8 Å². The van der Waals surface area contributed by atoms with Gasteiger partial charge in [-0.15, -0.1) is 24.0 Å². The molecule has 0 saturated carbocycles. The van der Waals surface area contributed by atoms with Crippen molar-refractivity contribution in [2.75, 3.05) is 53.4 Å². The lowest BCUT2D eigenvalue weighted by Gasteiger charge is -2.36. The highest BCUT2D eigenvalue weighted by Crippen LogP contribution is 2.15. The van der Waals surface area contributed by atoms with E-state index < -0.39 is 0 Å². The van der Waals surface area contributed by atoms with E-state index >= 15 is 0 Å². The number of rotatable bonds is 6.